The quantitative estimate of drug-likeness (QED) is 0.823. The van der Waals surface area contributed by atoms with Crippen molar-refractivity contribution >= 4 is 22.0 Å². The molecule has 0 N–H and O–H groups in total. The highest BCUT2D eigenvalue weighted by Crippen LogP contribution is 2.26. The van der Waals surface area contributed by atoms with Crippen molar-refractivity contribution in [3.05, 3.63) is 40.3 Å². The molecule has 0 saturated heterocycles. The van der Waals surface area contributed by atoms with Crippen LogP contribution in [0.15, 0.2) is 34.6 Å². The van der Waals surface area contributed by atoms with E-state index in [1.54, 1.807) is 6.20 Å². The van der Waals surface area contributed by atoms with Crippen molar-refractivity contribution < 1.29 is 4.74 Å². The minimum Gasteiger partial charge on any atom is -0.474 e. The average Bonchev–Trinajstić information content (AvgIpc) is 2.74. The second-order valence-electron chi connectivity index (χ2n) is 5.55. The molecule has 0 unspecified atom stereocenters. The third kappa shape index (κ3) is 3.35. The summed E-state index contributed by atoms with van der Waals surface area (Å²) in [5.41, 5.74) is 3.21. The van der Waals surface area contributed by atoms with Crippen molar-refractivity contribution in [2.24, 2.45) is 0 Å². The highest BCUT2D eigenvalue weighted by Gasteiger charge is 2.19. The summed E-state index contributed by atoms with van der Waals surface area (Å²) in [6.45, 7) is 4.14. The van der Waals surface area contributed by atoms with E-state index >= 15 is 0 Å². The lowest BCUT2D eigenvalue weighted by atomic mass is 9.96. The van der Waals surface area contributed by atoms with E-state index in [-0.39, 0.29) is 0 Å². The first-order chi connectivity index (χ1) is 10.1. The fraction of sp³-hybridized carbons (Fsp3) is 0.375. The van der Waals surface area contributed by atoms with E-state index in [2.05, 4.69) is 45.9 Å². The summed E-state index contributed by atoms with van der Waals surface area (Å²) in [5, 5.41) is 4.49. The molecule has 110 valence electrons. The number of hydrogen-bond donors (Lipinski definition) is 0. The first kappa shape index (κ1) is 14.3. The molecule has 1 aliphatic rings. The monoisotopic (exact) mass is 347 g/mol. The van der Waals surface area contributed by atoms with Crippen molar-refractivity contribution in [1.82, 2.24) is 14.8 Å². The van der Waals surface area contributed by atoms with Crippen LogP contribution < -0.4 is 4.74 Å². The Morgan fingerprint density at radius 2 is 2.19 bits per heavy atom. The molecule has 1 aliphatic carbocycles. The van der Waals surface area contributed by atoms with Crippen molar-refractivity contribution in [2.75, 3.05) is 0 Å². The molecule has 2 heterocycles. The van der Waals surface area contributed by atoms with Gasteiger partial charge >= 0.3 is 0 Å². The highest BCUT2D eigenvalue weighted by molar-refractivity contribution is 9.10. The largest absolute Gasteiger partial charge is 0.474 e. The van der Waals surface area contributed by atoms with E-state index < -0.39 is 0 Å². The third-order valence-electron chi connectivity index (χ3n) is 3.45. The fourth-order valence-corrected chi connectivity index (χ4v) is 2.62. The number of hydrogen-bond acceptors (Lipinski definition) is 3. The topological polar surface area (TPSA) is 39.9 Å². The van der Waals surface area contributed by atoms with Crippen LogP contribution in [0.3, 0.4) is 0 Å². The maximum Gasteiger partial charge on any atom is 0.215 e. The van der Waals surface area contributed by atoms with Crippen LogP contribution in [0.25, 0.3) is 11.8 Å². The summed E-state index contributed by atoms with van der Waals surface area (Å²) >= 11 is 3.44. The van der Waals surface area contributed by atoms with Crippen LogP contribution in [-0.4, -0.2) is 20.9 Å². The standard InChI is InChI=1S/C16H18BrN3O/c1-11(2)8-13-9-15(17)19-20(13)12-6-7-18-16(10-12)21-14-4-3-5-14/h6-10,14H,3-5H2,1-2H3. The first-order valence-corrected chi connectivity index (χ1v) is 7.94. The van der Waals surface area contributed by atoms with Gasteiger partial charge in [0.15, 0.2) is 0 Å². The maximum absolute atomic E-state index is 5.86. The van der Waals surface area contributed by atoms with Gasteiger partial charge < -0.3 is 4.74 Å². The molecule has 0 spiro atoms. The zero-order chi connectivity index (χ0) is 14.8. The second-order valence-corrected chi connectivity index (χ2v) is 6.36. The molecule has 3 rings (SSSR count). The minimum absolute atomic E-state index is 0.328. The van der Waals surface area contributed by atoms with Crippen LogP contribution in [0.2, 0.25) is 0 Å². The molecule has 5 heteroatoms. The van der Waals surface area contributed by atoms with Crippen LogP contribution in [0.1, 0.15) is 38.8 Å². The SMILES string of the molecule is CC(C)=Cc1cc(Br)nn1-c1ccnc(OC2CCC2)c1. The van der Waals surface area contributed by atoms with E-state index in [0.29, 0.717) is 12.0 Å². The maximum atomic E-state index is 5.86. The van der Waals surface area contributed by atoms with Gasteiger partial charge in [0.2, 0.25) is 5.88 Å². The van der Waals surface area contributed by atoms with E-state index in [9.17, 15) is 0 Å². The number of nitrogens with zero attached hydrogens (tertiary/aromatic N) is 3. The number of pyridine rings is 1. The van der Waals surface area contributed by atoms with Crippen LogP contribution >= 0.6 is 15.9 Å². The summed E-state index contributed by atoms with van der Waals surface area (Å²) in [6, 6.07) is 5.88. The molecule has 0 aliphatic heterocycles. The van der Waals surface area contributed by atoms with E-state index in [0.717, 1.165) is 28.8 Å². The smallest absolute Gasteiger partial charge is 0.215 e. The molecule has 0 atom stereocenters. The summed E-state index contributed by atoms with van der Waals surface area (Å²) in [4.78, 5) is 4.29. The molecule has 0 radical (unpaired) electrons. The lowest BCUT2D eigenvalue weighted by Gasteiger charge is -2.25. The Morgan fingerprint density at radius 3 is 2.86 bits per heavy atom. The summed E-state index contributed by atoms with van der Waals surface area (Å²) in [7, 11) is 0. The van der Waals surface area contributed by atoms with Crippen LogP contribution in [0, 0.1) is 0 Å². The third-order valence-corrected chi connectivity index (χ3v) is 3.83. The molecule has 4 nitrogen and oxygen atoms in total. The molecule has 21 heavy (non-hydrogen) atoms. The number of halogens is 1. The molecule has 1 fully saturated rings. The minimum atomic E-state index is 0.328. The molecule has 1 saturated carbocycles. The van der Waals surface area contributed by atoms with Crippen molar-refractivity contribution in [2.45, 2.75) is 39.2 Å². The number of allylic oxidation sites excluding steroid dienone is 1. The Balaban J connectivity index is 1.92. The number of aromatic nitrogens is 3. The zero-order valence-corrected chi connectivity index (χ0v) is 13.8. The van der Waals surface area contributed by atoms with Crippen molar-refractivity contribution in [3.63, 3.8) is 0 Å². The Labute approximate surface area is 133 Å². The fourth-order valence-electron chi connectivity index (χ4n) is 2.23. The normalized spacial score (nSPS) is 14.6. The Morgan fingerprint density at radius 1 is 1.38 bits per heavy atom. The molecule has 0 aromatic carbocycles. The molecular weight excluding hydrogens is 330 g/mol. The van der Waals surface area contributed by atoms with Crippen LogP contribution in [0.5, 0.6) is 5.88 Å². The predicted molar refractivity (Wildman–Crippen MR) is 86.7 cm³/mol. The van der Waals surface area contributed by atoms with Crippen molar-refractivity contribution in [1.29, 1.82) is 0 Å². The van der Waals surface area contributed by atoms with E-state index in [1.165, 1.54) is 12.0 Å². The summed E-state index contributed by atoms with van der Waals surface area (Å²) in [6.07, 6.45) is 7.70. The van der Waals surface area contributed by atoms with Gasteiger partial charge in [-0.05, 0) is 67.2 Å². The molecule has 2 aromatic rings. The molecule has 0 bridgehead atoms. The van der Waals surface area contributed by atoms with Gasteiger partial charge in [-0.3, -0.25) is 0 Å². The Bertz CT molecular complexity index is 670. The number of rotatable bonds is 4. The Kier molecular flexibility index (Phi) is 4.10. The van der Waals surface area contributed by atoms with Gasteiger partial charge in [-0.1, -0.05) is 5.57 Å². The van der Waals surface area contributed by atoms with Gasteiger partial charge in [-0.15, -0.1) is 0 Å². The van der Waals surface area contributed by atoms with Gasteiger partial charge in [-0.2, -0.15) is 5.10 Å². The first-order valence-electron chi connectivity index (χ1n) is 7.15. The van der Waals surface area contributed by atoms with E-state index in [1.807, 2.05) is 22.9 Å². The molecule has 0 amide bonds. The average molecular weight is 348 g/mol. The van der Waals surface area contributed by atoms with Gasteiger partial charge in [0, 0.05) is 12.3 Å². The zero-order valence-electron chi connectivity index (χ0n) is 12.2. The molecular formula is C16H18BrN3O. The van der Waals surface area contributed by atoms with Gasteiger partial charge in [-0.25, -0.2) is 9.67 Å². The molecule has 2 aromatic heterocycles. The van der Waals surface area contributed by atoms with Gasteiger partial charge in [0.25, 0.3) is 0 Å². The van der Waals surface area contributed by atoms with Gasteiger partial charge in [0.05, 0.1) is 11.4 Å². The number of ether oxygens (including phenoxy) is 1. The van der Waals surface area contributed by atoms with Crippen LogP contribution in [-0.2, 0) is 0 Å². The van der Waals surface area contributed by atoms with Crippen molar-refractivity contribution in [3.8, 4) is 11.6 Å². The summed E-state index contributed by atoms with van der Waals surface area (Å²) < 4.78 is 8.57. The predicted octanol–water partition coefficient (Wildman–Crippen LogP) is 4.38. The lowest BCUT2D eigenvalue weighted by Crippen LogP contribution is -2.25. The second kappa shape index (κ2) is 6.02. The summed E-state index contributed by atoms with van der Waals surface area (Å²) in [5.74, 6) is 0.673. The van der Waals surface area contributed by atoms with Crippen LogP contribution in [0.4, 0.5) is 0 Å². The lowest BCUT2D eigenvalue weighted by molar-refractivity contribution is 0.114. The highest BCUT2D eigenvalue weighted by atomic mass is 79.9. The van der Waals surface area contributed by atoms with E-state index in [4.69, 9.17) is 4.74 Å². The van der Waals surface area contributed by atoms with Gasteiger partial charge in [0.1, 0.15) is 10.7 Å². The Hall–Kier alpha value is -1.62.